The van der Waals surface area contributed by atoms with Gasteiger partial charge in [0, 0.05) is 17.8 Å². The van der Waals surface area contributed by atoms with Gasteiger partial charge < -0.3 is 10.6 Å². The Kier molecular flexibility index (Phi) is 5.56. The third-order valence-corrected chi connectivity index (χ3v) is 4.23. The number of nitrogens with zero attached hydrogens (tertiary/aromatic N) is 2. The number of benzene rings is 1. The van der Waals surface area contributed by atoms with E-state index in [1.807, 2.05) is 19.9 Å². The Morgan fingerprint density at radius 2 is 1.96 bits per heavy atom. The van der Waals surface area contributed by atoms with Gasteiger partial charge in [-0.15, -0.1) is 0 Å². The number of aromatic nitrogens is 3. The van der Waals surface area contributed by atoms with Crippen molar-refractivity contribution < 1.29 is 9.59 Å². The molecule has 2 aromatic rings. The van der Waals surface area contributed by atoms with Crippen LogP contribution in [0.15, 0.2) is 24.3 Å². The van der Waals surface area contributed by atoms with Crippen LogP contribution in [0.2, 0.25) is 0 Å². The molecule has 25 heavy (non-hydrogen) atoms. The van der Waals surface area contributed by atoms with Crippen molar-refractivity contribution in [3.63, 3.8) is 0 Å². The summed E-state index contributed by atoms with van der Waals surface area (Å²) in [6.07, 6.45) is 0. The Morgan fingerprint density at radius 3 is 2.56 bits per heavy atom. The van der Waals surface area contributed by atoms with Crippen molar-refractivity contribution in [3.05, 3.63) is 30.1 Å². The first kappa shape index (κ1) is 18.6. The Morgan fingerprint density at radius 1 is 1.24 bits per heavy atom. The topological polar surface area (TPSA) is 99.8 Å². The molecule has 0 radical (unpaired) electrons. The molecular weight excluding hydrogens is 318 g/mol. The Bertz CT molecular complexity index is 761. The van der Waals surface area contributed by atoms with E-state index >= 15 is 0 Å². The number of rotatable bonds is 4. The molecule has 7 heteroatoms. The molecule has 1 aromatic carbocycles. The van der Waals surface area contributed by atoms with Crippen molar-refractivity contribution in [2.24, 2.45) is 11.3 Å². The summed E-state index contributed by atoms with van der Waals surface area (Å²) in [4.78, 5) is 28.3. The summed E-state index contributed by atoms with van der Waals surface area (Å²) in [5.74, 6) is 0.162. The molecule has 0 saturated heterocycles. The molecule has 1 heterocycles. The van der Waals surface area contributed by atoms with E-state index in [1.54, 1.807) is 18.2 Å². The molecule has 1 aromatic heterocycles. The van der Waals surface area contributed by atoms with Gasteiger partial charge in [0.15, 0.2) is 5.82 Å². The fourth-order valence-electron chi connectivity index (χ4n) is 2.03. The van der Waals surface area contributed by atoms with Gasteiger partial charge in [0.2, 0.25) is 0 Å². The number of aromatic amines is 1. The molecule has 0 saturated carbocycles. The Balaban J connectivity index is 1.97. The summed E-state index contributed by atoms with van der Waals surface area (Å²) in [7, 11) is 0. The molecule has 7 nitrogen and oxygen atoms in total. The molecule has 3 N–H and O–H groups in total. The largest absolute Gasteiger partial charge is 0.348 e. The number of anilines is 1. The van der Waals surface area contributed by atoms with Gasteiger partial charge in [-0.1, -0.05) is 39.8 Å². The molecule has 0 spiro atoms. The number of hydrogen-bond acceptors (Lipinski definition) is 4. The third-order valence-electron chi connectivity index (χ3n) is 4.23. The van der Waals surface area contributed by atoms with Crippen LogP contribution in [0.5, 0.6) is 0 Å². The van der Waals surface area contributed by atoms with Crippen LogP contribution >= 0.6 is 0 Å². The van der Waals surface area contributed by atoms with Crippen molar-refractivity contribution >= 4 is 17.5 Å². The molecule has 134 valence electrons. The maximum atomic E-state index is 12.1. The molecule has 0 aliphatic heterocycles. The molecule has 0 fully saturated rings. The van der Waals surface area contributed by atoms with Gasteiger partial charge in [-0.05, 0) is 30.4 Å². The monoisotopic (exact) mass is 343 g/mol. The van der Waals surface area contributed by atoms with E-state index in [0.717, 1.165) is 5.56 Å². The summed E-state index contributed by atoms with van der Waals surface area (Å²) in [6, 6.07) is 7.05. The zero-order chi connectivity index (χ0) is 18.6. The highest BCUT2D eigenvalue weighted by Crippen LogP contribution is 2.24. The Labute approximate surface area is 147 Å². The van der Waals surface area contributed by atoms with E-state index in [2.05, 4.69) is 46.6 Å². The van der Waals surface area contributed by atoms with Gasteiger partial charge >= 0.3 is 11.8 Å². The standard InChI is InChI=1S/C18H25N5O2/c1-11(18(3,4)5)10-19-16(24)17(25)21-14-8-6-7-13(9-14)15-20-12(2)22-23-15/h6-9,11H,10H2,1-5H3,(H,19,24)(H,21,25)(H,20,22,23)/t11-/m1/s1. The predicted octanol–water partition coefficient (Wildman–Crippen LogP) is 2.52. The van der Waals surface area contributed by atoms with E-state index in [9.17, 15) is 9.59 Å². The fraction of sp³-hybridized carbons (Fsp3) is 0.444. The lowest BCUT2D eigenvalue weighted by Gasteiger charge is -2.27. The average molecular weight is 343 g/mol. The molecule has 0 aliphatic carbocycles. The van der Waals surface area contributed by atoms with Gasteiger partial charge in [-0.3, -0.25) is 14.7 Å². The highest BCUT2D eigenvalue weighted by Gasteiger charge is 2.22. The Hall–Kier alpha value is -2.70. The van der Waals surface area contributed by atoms with Crippen LogP contribution < -0.4 is 10.6 Å². The zero-order valence-electron chi connectivity index (χ0n) is 15.3. The number of aryl methyl sites for hydroxylation is 1. The van der Waals surface area contributed by atoms with E-state index in [1.165, 1.54) is 0 Å². The van der Waals surface area contributed by atoms with Crippen LogP contribution in [0.3, 0.4) is 0 Å². The number of nitrogens with one attached hydrogen (secondary N) is 3. The normalized spacial score (nSPS) is 12.5. The number of amides is 2. The minimum Gasteiger partial charge on any atom is -0.348 e. The minimum absolute atomic E-state index is 0.0623. The van der Waals surface area contributed by atoms with Gasteiger partial charge in [-0.2, -0.15) is 5.10 Å². The third kappa shape index (κ3) is 5.14. The van der Waals surface area contributed by atoms with Gasteiger partial charge in [0.1, 0.15) is 5.82 Å². The predicted molar refractivity (Wildman–Crippen MR) is 96.8 cm³/mol. The summed E-state index contributed by atoms with van der Waals surface area (Å²) in [5.41, 5.74) is 1.33. The lowest BCUT2D eigenvalue weighted by atomic mass is 9.82. The molecule has 0 aliphatic rings. The summed E-state index contributed by atoms with van der Waals surface area (Å²) < 4.78 is 0. The van der Waals surface area contributed by atoms with Crippen molar-refractivity contribution in [2.75, 3.05) is 11.9 Å². The van der Waals surface area contributed by atoms with Gasteiger partial charge in [0.05, 0.1) is 0 Å². The maximum Gasteiger partial charge on any atom is 0.313 e. The fourth-order valence-corrected chi connectivity index (χ4v) is 2.03. The smallest absolute Gasteiger partial charge is 0.313 e. The first-order valence-electron chi connectivity index (χ1n) is 8.25. The quantitative estimate of drug-likeness (QED) is 0.743. The second-order valence-electron chi connectivity index (χ2n) is 7.26. The molecule has 1 atom stereocenters. The second-order valence-corrected chi connectivity index (χ2v) is 7.26. The molecule has 2 amide bonds. The van der Waals surface area contributed by atoms with Crippen LogP contribution in [-0.2, 0) is 9.59 Å². The SMILES string of the molecule is Cc1nc(-c2cccc(NC(=O)C(=O)NC[C@@H](C)C(C)(C)C)c2)n[nH]1. The van der Waals surface area contributed by atoms with Gasteiger partial charge in [0.25, 0.3) is 0 Å². The lowest BCUT2D eigenvalue weighted by molar-refractivity contribution is -0.136. The molecule has 2 rings (SSSR count). The van der Waals surface area contributed by atoms with Crippen LogP contribution in [-0.4, -0.2) is 33.5 Å². The maximum absolute atomic E-state index is 12.1. The van der Waals surface area contributed by atoms with Gasteiger partial charge in [-0.25, -0.2) is 4.98 Å². The number of carbonyl (C=O) groups is 2. The lowest BCUT2D eigenvalue weighted by Crippen LogP contribution is -2.40. The van der Waals surface area contributed by atoms with E-state index in [4.69, 9.17) is 0 Å². The van der Waals surface area contributed by atoms with Crippen LogP contribution in [0, 0.1) is 18.3 Å². The summed E-state index contributed by atoms with van der Waals surface area (Å²) >= 11 is 0. The first-order valence-corrected chi connectivity index (χ1v) is 8.25. The van der Waals surface area contributed by atoms with Crippen molar-refractivity contribution in [1.82, 2.24) is 20.5 Å². The minimum atomic E-state index is -0.690. The highest BCUT2D eigenvalue weighted by atomic mass is 16.2. The van der Waals surface area contributed by atoms with E-state index in [0.29, 0.717) is 23.9 Å². The number of hydrogen-bond donors (Lipinski definition) is 3. The summed E-state index contributed by atoms with van der Waals surface area (Å²) in [6.45, 7) is 10.6. The molecular formula is C18H25N5O2. The number of carbonyl (C=O) groups excluding carboxylic acids is 2. The summed E-state index contributed by atoms with van der Waals surface area (Å²) in [5, 5.41) is 12.1. The van der Waals surface area contributed by atoms with Crippen LogP contribution in [0.4, 0.5) is 5.69 Å². The highest BCUT2D eigenvalue weighted by molar-refractivity contribution is 6.39. The average Bonchev–Trinajstić information content (AvgIpc) is 2.98. The zero-order valence-corrected chi connectivity index (χ0v) is 15.3. The molecule has 0 unspecified atom stereocenters. The van der Waals surface area contributed by atoms with Crippen LogP contribution in [0.25, 0.3) is 11.4 Å². The van der Waals surface area contributed by atoms with Crippen molar-refractivity contribution in [2.45, 2.75) is 34.6 Å². The van der Waals surface area contributed by atoms with Crippen molar-refractivity contribution in [3.8, 4) is 11.4 Å². The number of H-pyrrole nitrogens is 1. The van der Waals surface area contributed by atoms with Crippen molar-refractivity contribution in [1.29, 1.82) is 0 Å². The van der Waals surface area contributed by atoms with E-state index in [-0.39, 0.29) is 11.3 Å². The van der Waals surface area contributed by atoms with Crippen LogP contribution in [0.1, 0.15) is 33.5 Å². The molecule has 0 bridgehead atoms. The van der Waals surface area contributed by atoms with E-state index < -0.39 is 11.8 Å². The first-order chi connectivity index (χ1) is 11.7. The second kappa shape index (κ2) is 7.46.